The summed E-state index contributed by atoms with van der Waals surface area (Å²) >= 11 is 4.85. The highest BCUT2D eigenvalue weighted by Crippen LogP contribution is 2.24. The fourth-order valence-corrected chi connectivity index (χ4v) is 2.73. The van der Waals surface area contributed by atoms with Crippen LogP contribution >= 0.6 is 27.3 Å². The normalized spacial score (nSPS) is 12.6. The molecular formula is C13H14BrNO2S. The molecule has 0 aliphatic rings. The van der Waals surface area contributed by atoms with Crippen LogP contribution in [0.25, 0.3) is 0 Å². The largest absolute Gasteiger partial charge is 0.507 e. The number of hydrogen-bond donors (Lipinski definition) is 3. The molecule has 0 fully saturated rings. The Kier molecular flexibility index (Phi) is 4.77. The van der Waals surface area contributed by atoms with Gasteiger partial charge in [0.1, 0.15) is 5.75 Å². The van der Waals surface area contributed by atoms with Crippen LogP contribution in [-0.2, 0) is 6.54 Å². The Balaban J connectivity index is 1.83. The molecule has 5 heteroatoms. The molecule has 18 heavy (non-hydrogen) atoms. The Morgan fingerprint density at radius 3 is 2.83 bits per heavy atom. The van der Waals surface area contributed by atoms with E-state index in [9.17, 15) is 10.2 Å². The topological polar surface area (TPSA) is 52.5 Å². The van der Waals surface area contributed by atoms with Crippen molar-refractivity contribution in [3.8, 4) is 5.75 Å². The Morgan fingerprint density at radius 2 is 2.17 bits per heavy atom. The molecule has 0 aliphatic heterocycles. The van der Waals surface area contributed by atoms with Gasteiger partial charge in [0.15, 0.2) is 0 Å². The molecule has 0 aliphatic carbocycles. The summed E-state index contributed by atoms with van der Waals surface area (Å²) < 4.78 is 0.681. The van der Waals surface area contributed by atoms with Gasteiger partial charge in [0, 0.05) is 13.1 Å². The van der Waals surface area contributed by atoms with Crippen molar-refractivity contribution in [2.45, 2.75) is 12.6 Å². The van der Waals surface area contributed by atoms with Gasteiger partial charge in [-0.3, -0.25) is 0 Å². The van der Waals surface area contributed by atoms with Crippen LogP contribution in [0, 0.1) is 0 Å². The molecule has 1 aromatic heterocycles. The van der Waals surface area contributed by atoms with E-state index in [0.29, 0.717) is 17.6 Å². The minimum absolute atomic E-state index is 0.233. The van der Waals surface area contributed by atoms with Gasteiger partial charge >= 0.3 is 0 Å². The zero-order valence-electron chi connectivity index (χ0n) is 9.64. The van der Waals surface area contributed by atoms with Crippen LogP contribution in [0.4, 0.5) is 0 Å². The summed E-state index contributed by atoms with van der Waals surface area (Å²) in [6, 6.07) is 7.29. The predicted octanol–water partition coefficient (Wildman–Crippen LogP) is 3.04. The van der Waals surface area contributed by atoms with Gasteiger partial charge in [-0.05, 0) is 56.0 Å². The number of nitrogens with one attached hydrogen (secondary N) is 1. The molecule has 0 saturated carbocycles. The van der Waals surface area contributed by atoms with E-state index in [-0.39, 0.29) is 5.75 Å². The van der Waals surface area contributed by atoms with Crippen LogP contribution in [0.5, 0.6) is 5.75 Å². The van der Waals surface area contributed by atoms with Crippen LogP contribution in [0.1, 0.15) is 17.2 Å². The van der Waals surface area contributed by atoms with Crippen molar-refractivity contribution in [1.29, 1.82) is 0 Å². The Hall–Kier alpha value is -0.880. The molecule has 1 atom stereocenters. The molecule has 3 N–H and O–H groups in total. The number of thiophene rings is 1. The van der Waals surface area contributed by atoms with Crippen LogP contribution in [0.2, 0.25) is 0 Å². The molecule has 0 amide bonds. The van der Waals surface area contributed by atoms with Gasteiger partial charge in [-0.25, -0.2) is 0 Å². The smallest absolute Gasteiger partial charge is 0.129 e. The van der Waals surface area contributed by atoms with Crippen molar-refractivity contribution >= 4 is 27.3 Å². The monoisotopic (exact) mass is 327 g/mol. The maximum Gasteiger partial charge on any atom is 0.129 e. The number of hydrogen-bond acceptors (Lipinski definition) is 4. The lowest BCUT2D eigenvalue weighted by Gasteiger charge is -2.11. The second-order valence-electron chi connectivity index (χ2n) is 3.99. The first-order chi connectivity index (χ1) is 8.66. The fraction of sp³-hybridized carbons (Fsp3) is 0.231. The lowest BCUT2D eigenvalue weighted by atomic mass is 10.2. The van der Waals surface area contributed by atoms with Crippen molar-refractivity contribution in [2.24, 2.45) is 0 Å². The summed E-state index contributed by atoms with van der Waals surface area (Å²) in [5.74, 6) is 0.233. The van der Waals surface area contributed by atoms with Gasteiger partial charge < -0.3 is 15.5 Å². The summed E-state index contributed by atoms with van der Waals surface area (Å²) in [4.78, 5) is 0. The van der Waals surface area contributed by atoms with E-state index >= 15 is 0 Å². The minimum Gasteiger partial charge on any atom is -0.507 e. The van der Waals surface area contributed by atoms with E-state index in [4.69, 9.17) is 0 Å². The van der Waals surface area contributed by atoms with Crippen molar-refractivity contribution in [3.05, 3.63) is 50.6 Å². The highest BCUT2D eigenvalue weighted by atomic mass is 79.9. The number of aromatic hydroxyl groups is 1. The zero-order valence-corrected chi connectivity index (χ0v) is 12.0. The quantitative estimate of drug-likeness (QED) is 0.791. The third-order valence-electron chi connectivity index (χ3n) is 2.61. The Labute approximate surface area is 118 Å². The van der Waals surface area contributed by atoms with E-state index in [1.165, 1.54) is 0 Å². The summed E-state index contributed by atoms with van der Waals surface area (Å²) in [5.41, 5.74) is 2.00. The Bertz CT molecular complexity index is 502. The van der Waals surface area contributed by atoms with Crippen molar-refractivity contribution in [3.63, 3.8) is 0 Å². The molecule has 1 unspecified atom stereocenters. The average Bonchev–Trinajstić information content (AvgIpc) is 2.87. The van der Waals surface area contributed by atoms with Gasteiger partial charge in [-0.1, -0.05) is 6.07 Å². The van der Waals surface area contributed by atoms with Crippen molar-refractivity contribution in [2.75, 3.05) is 6.54 Å². The number of aliphatic hydroxyl groups is 1. The number of aliphatic hydroxyl groups excluding tert-OH is 1. The number of benzene rings is 1. The van der Waals surface area contributed by atoms with Crippen LogP contribution in [0.3, 0.4) is 0 Å². The molecule has 2 aromatic rings. The lowest BCUT2D eigenvalue weighted by Crippen LogP contribution is -2.20. The summed E-state index contributed by atoms with van der Waals surface area (Å²) in [7, 11) is 0. The highest BCUT2D eigenvalue weighted by Gasteiger charge is 2.07. The summed E-state index contributed by atoms with van der Waals surface area (Å²) in [6.45, 7) is 1.16. The predicted molar refractivity (Wildman–Crippen MR) is 76.8 cm³/mol. The number of phenolic OH excluding ortho intramolecular Hbond substituents is 1. The van der Waals surface area contributed by atoms with E-state index in [0.717, 1.165) is 11.1 Å². The number of rotatable bonds is 5. The van der Waals surface area contributed by atoms with Gasteiger partial charge in [0.25, 0.3) is 0 Å². The SMILES string of the molecule is Oc1ccc(CNCC(O)c2ccsc2)cc1Br. The van der Waals surface area contributed by atoms with Crippen LogP contribution in [-0.4, -0.2) is 16.8 Å². The second kappa shape index (κ2) is 6.33. The van der Waals surface area contributed by atoms with Gasteiger partial charge in [0.2, 0.25) is 0 Å². The van der Waals surface area contributed by atoms with Crippen molar-refractivity contribution < 1.29 is 10.2 Å². The molecule has 0 radical (unpaired) electrons. The first-order valence-corrected chi connectivity index (χ1v) is 7.28. The Morgan fingerprint density at radius 1 is 1.33 bits per heavy atom. The fourth-order valence-electron chi connectivity index (χ4n) is 1.60. The molecule has 2 rings (SSSR count). The second-order valence-corrected chi connectivity index (χ2v) is 5.62. The molecule has 0 bridgehead atoms. The highest BCUT2D eigenvalue weighted by molar-refractivity contribution is 9.10. The molecular weight excluding hydrogens is 314 g/mol. The maximum absolute atomic E-state index is 9.88. The molecule has 0 saturated heterocycles. The molecule has 1 heterocycles. The molecule has 3 nitrogen and oxygen atoms in total. The maximum atomic E-state index is 9.88. The number of phenols is 1. The standard InChI is InChI=1S/C13H14BrNO2S/c14-11-5-9(1-2-12(11)16)6-15-7-13(17)10-3-4-18-8-10/h1-5,8,13,15-17H,6-7H2. The molecule has 1 aromatic carbocycles. The van der Waals surface area contributed by atoms with Crippen molar-refractivity contribution in [1.82, 2.24) is 5.32 Å². The zero-order chi connectivity index (χ0) is 13.0. The first-order valence-electron chi connectivity index (χ1n) is 5.55. The first kappa shape index (κ1) is 13.5. The van der Waals surface area contributed by atoms with Crippen LogP contribution in [0.15, 0.2) is 39.5 Å². The van der Waals surface area contributed by atoms with Gasteiger partial charge in [0.05, 0.1) is 10.6 Å². The van der Waals surface area contributed by atoms with Gasteiger partial charge in [-0.15, -0.1) is 0 Å². The van der Waals surface area contributed by atoms with E-state index in [2.05, 4.69) is 21.2 Å². The van der Waals surface area contributed by atoms with E-state index < -0.39 is 6.10 Å². The van der Waals surface area contributed by atoms with Gasteiger partial charge in [-0.2, -0.15) is 11.3 Å². The summed E-state index contributed by atoms with van der Waals surface area (Å²) in [5, 5.41) is 26.3. The third-order valence-corrected chi connectivity index (χ3v) is 3.94. The average molecular weight is 328 g/mol. The third kappa shape index (κ3) is 3.55. The van der Waals surface area contributed by atoms with E-state index in [1.807, 2.05) is 29.0 Å². The molecule has 96 valence electrons. The van der Waals surface area contributed by atoms with Crippen LogP contribution < -0.4 is 5.32 Å². The molecule has 0 spiro atoms. The minimum atomic E-state index is -0.475. The van der Waals surface area contributed by atoms with E-state index in [1.54, 1.807) is 17.4 Å². The lowest BCUT2D eigenvalue weighted by molar-refractivity contribution is 0.175. The number of halogens is 1. The summed E-state index contributed by atoms with van der Waals surface area (Å²) in [6.07, 6.45) is -0.475.